The van der Waals surface area contributed by atoms with Gasteiger partial charge in [-0.3, -0.25) is 14.5 Å². The van der Waals surface area contributed by atoms with Gasteiger partial charge in [-0.15, -0.1) is 0 Å². The third-order valence-corrected chi connectivity index (χ3v) is 5.26. The number of hydrogen-bond acceptors (Lipinski definition) is 6. The topological polar surface area (TPSA) is 97.1 Å². The predicted octanol–water partition coefficient (Wildman–Crippen LogP) is 2.19. The SMILES string of the molecule is NC[C@H](C(=O)Nc1ccc(N2CCOCC2=O)c(OC(F)F)c1)N(CC1CC1)CC(F)(F)F. The number of carbonyl (C=O) groups excluding carboxylic acids is 2. The van der Waals surface area contributed by atoms with Gasteiger partial charge in [-0.25, -0.2) is 0 Å². The van der Waals surface area contributed by atoms with Crippen LogP contribution in [-0.2, 0) is 14.3 Å². The van der Waals surface area contributed by atoms with Crippen molar-refractivity contribution in [2.24, 2.45) is 11.7 Å². The zero-order chi connectivity index (χ0) is 24.2. The molecule has 0 spiro atoms. The molecule has 184 valence electrons. The van der Waals surface area contributed by atoms with Gasteiger partial charge in [0.1, 0.15) is 12.6 Å². The lowest BCUT2D eigenvalue weighted by Crippen LogP contribution is -2.52. The number of anilines is 2. The maximum absolute atomic E-state index is 13.0. The Morgan fingerprint density at radius 3 is 2.64 bits per heavy atom. The van der Waals surface area contributed by atoms with Crippen molar-refractivity contribution in [2.75, 3.05) is 49.6 Å². The number of benzene rings is 1. The molecular weight excluding hydrogens is 455 g/mol. The van der Waals surface area contributed by atoms with Crippen LogP contribution in [0.2, 0.25) is 0 Å². The Bertz CT molecular complexity index is 850. The fourth-order valence-corrected chi connectivity index (χ4v) is 3.59. The average molecular weight is 480 g/mol. The number of nitrogens with two attached hydrogens (primary N) is 1. The standard InChI is InChI=1S/C20H25F5N4O4/c21-19(22)33-16-7-13(3-4-14(16)29-5-6-32-10-17(29)30)27-18(31)15(8-26)28(9-12-1-2-12)11-20(23,24)25/h3-4,7,12,15,19H,1-2,5-6,8-11,26H2,(H,27,31)/t15-/m1/s1. The van der Waals surface area contributed by atoms with Gasteiger partial charge in [-0.2, -0.15) is 22.0 Å². The largest absolute Gasteiger partial charge is 0.433 e. The zero-order valence-corrected chi connectivity index (χ0v) is 17.6. The summed E-state index contributed by atoms with van der Waals surface area (Å²) in [5.41, 5.74) is 5.70. The summed E-state index contributed by atoms with van der Waals surface area (Å²) in [6, 6.07) is 2.47. The molecule has 0 unspecified atom stereocenters. The van der Waals surface area contributed by atoms with Gasteiger partial charge in [-0.05, 0) is 30.9 Å². The summed E-state index contributed by atoms with van der Waals surface area (Å²) in [6.07, 6.45) is -2.96. The number of halogens is 5. The van der Waals surface area contributed by atoms with Gasteiger partial charge in [0.25, 0.3) is 5.91 Å². The lowest BCUT2D eigenvalue weighted by Gasteiger charge is -2.31. The minimum atomic E-state index is -4.52. The number of carbonyl (C=O) groups is 2. The molecule has 2 aliphatic rings. The van der Waals surface area contributed by atoms with Crippen LogP contribution in [0.15, 0.2) is 18.2 Å². The lowest BCUT2D eigenvalue weighted by atomic mass is 10.1. The van der Waals surface area contributed by atoms with Crippen molar-refractivity contribution in [2.45, 2.75) is 31.7 Å². The molecule has 1 saturated carbocycles. The van der Waals surface area contributed by atoms with Crippen LogP contribution in [0.4, 0.5) is 33.3 Å². The van der Waals surface area contributed by atoms with Gasteiger partial charge in [0.05, 0.1) is 18.8 Å². The summed E-state index contributed by atoms with van der Waals surface area (Å²) in [4.78, 5) is 27.1. The summed E-state index contributed by atoms with van der Waals surface area (Å²) in [5.74, 6) is -1.55. The Hall–Kier alpha value is -2.51. The van der Waals surface area contributed by atoms with Gasteiger partial charge in [0, 0.05) is 31.4 Å². The summed E-state index contributed by atoms with van der Waals surface area (Å²) in [6.45, 7) is -4.69. The van der Waals surface area contributed by atoms with Crippen LogP contribution in [0, 0.1) is 5.92 Å². The van der Waals surface area contributed by atoms with Crippen molar-refractivity contribution >= 4 is 23.2 Å². The van der Waals surface area contributed by atoms with Crippen LogP contribution in [0.5, 0.6) is 5.75 Å². The van der Waals surface area contributed by atoms with E-state index in [-0.39, 0.29) is 55.9 Å². The maximum Gasteiger partial charge on any atom is 0.401 e. The van der Waals surface area contributed by atoms with Crippen LogP contribution in [0.25, 0.3) is 0 Å². The van der Waals surface area contributed by atoms with E-state index in [1.807, 2.05) is 0 Å². The Morgan fingerprint density at radius 2 is 2.06 bits per heavy atom. The van der Waals surface area contributed by atoms with Gasteiger partial charge in [0.2, 0.25) is 5.91 Å². The van der Waals surface area contributed by atoms with E-state index in [9.17, 15) is 31.5 Å². The number of alkyl halides is 5. The molecule has 2 fully saturated rings. The fourth-order valence-electron chi connectivity index (χ4n) is 3.59. The molecule has 1 saturated heterocycles. The second-order valence-electron chi connectivity index (χ2n) is 7.89. The average Bonchev–Trinajstić information content (AvgIpc) is 3.52. The Morgan fingerprint density at radius 1 is 1.33 bits per heavy atom. The fraction of sp³-hybridized carbons (Fsp3) is 0.600. The van der Waals surface area contributed by atoms with E-state index in [0.717, 1.165) is 23.8 Å². The van der Waals surface area contributed by atoms with Gasteiger partial charge >= 0.3 is 12.8 Å². The first-order valence-corrected chi connectivity index (χ1v) is 10.4. The van der Waals surface area contributed by atoms with E-state index >= 15 is 0 Å². The van der Waals surface area contributed by atoms with E-state index in [2.05, 4.69) is 10.1 Å². The van der Waals surface area contributed by atoms with Crippen molar-refractivity contribution in [3.63, 3.8) is 0 Å². The van der Waals surface area contributed by atoms with E-state index < -0.39 is 37.2 Å². The monoisotopic (exact) mass is 480 g/mol. The molecule has 0 radical (unpaired) electrons. The van der Waals surface area contributed by atoms with Gasteiger partial charge in [-0.1, -0.05) is 0 Å². The number of amides is 2. The van der Waals surface area contributed by atoms with E-state index in [4.69, 9.17) is 10.5 Å². The minimum absolute atomic E-state index is 0.0111. The second kappa shape index (κ2) is 10.6. The zero-order valence-electron chi connectivity index (χ0n) is 17.6. The van der Waals surface area contributed by atoms with Crippen molar-refractivity contribution in [3.05, 3.63) is 18.2 Å². The third-order valence-electron chi connectivity index (χ3n) is 5.26. The van der Waals surface area contributed by atoms with Crippen molar-refractivity contribution in [3.8, 4) is 5.75 Å². The van der Waals surface area contributed by atoms with Crippen LogP contribution in [0.1, 0.15) is 12.8 Å². The van der Waals surface area contributed by atoms with Crippen molar-refractivity contribution < 1.29 is 41.0 Å². The highest BCUT2D eigenvalue weighted by atomic mass is 19.4. The molecule has 0 bridgehead atoms. The summed E-state index contributed by atoms with van der Waals surface area (Å²) >= 11 is 0. The van der Waals surface area contributed by atoms with E-state index in [1.165, 1.54) is 17.0 Å². The molecule has 3 rings (SSSR count). The molecule has 2 amide bonds. The molecule has 1 heterocycles. The molecule has 1 aliphatic heterocycles. The molecule has 0 aromatic heterocycles. The smallest absolute Gasteiger partial charge is 0.401 e. The number of morpholine rings is 1. The molecule has 3 N–H and O–H groups in total. The first-order valence-electron chi connectivity index (χ1n) is 10.4. The molecule has 13 heteroatoms. The lowest BCUT2D eigenvalue weighted by molar-refractivity contribution is -0.154. The highest BCUT2D eigenvalue weighted by Crippen LogP contribution is 2.34. The number of hydrogen-bond donors (Lipinski definition) is 2. The predicted molar refractivity (Wildman–Crippen MR) is 108 cm³/mol. The summed E-state index contributed by atoms with van der Waals surface area (Å²) in [5, 5.41) is 2.43. The first-order chi connectivity index (χ1) is 15.6. The molecule has 1 aromatic carbocycles. The molecule has 33 heavy (non-hydrogen) atoms. The Kier molecular flexibility index (Phi) is 8.08. The second-order valence-corrected chi connectivity index (χ2v) is 7.89. The first kappa shape index (κ1) is 25.1. The van der Waals surface area contributed by atoms with Crippen molar-refractivity contribution in [1.82, 2.24) is 4.90 Å². The highest BCUT2D eigenvalue weighted by molar-refractivity contribution is 5.98. The Balaban J connectivity index is 1.79. The molecular formula is C20H25F5N4O4. The molecule has 1 aromatic rings. The number of ether oxygens (including phenoxy) is 2. The van der Waals surface area contributed by atoms with Crippen LogP contribution >= 0.6 is 0 Å². The van der Waals surface area contributed by atoms with Crippen LogP contribution in [-0.4, -0.2) is 74.9 Å². The number of nitrogens with zero attached hydrogens (tertiary/aromatic N) is 2. The summed E-state index contributed by atoms with van der Waals surface area (Å²) < 4.78 is 74.6. The summed E-state index contributed by atoms with van der Waals surface area (Å²) in [7, 11) is 0. The maximum atomic E-state index is 13.0. The molecule has 1 aliphatic carbocycles. The van der Waals surface area contributed by atoms with Gasteiger partial charge < -0.3 is 25.4 Å². The Labute approximate surface area is 186 Å². The van der Waals surface area contributed by atoms with E-state index in [1.54, 1.807) is 0 Å². The normalized spacial score (nSPS) is 18.1. The minimum Gasteiger partial charge on any atom is -0.433 e. The quantitative estimate of drug-likeness (QED) is 0.499. The molecule has 1 atom stereocenters. The third kappa shape index (κ3) is 7.24. The number of rotatable bonds is 10. The van der Waals surface area contributed by atoms with Crippen LogP contribution < -0.4 is 20.7 Å². The molecule has 8 nitrogen and oxygen atoms in total. The van der Waals surface area contributed by atoms with Crippen molar-refractivity contribution in [1.29, 1.82) is 0 Å². The number of nitrogens with one attached hydrogen (secondary N) is 1. The van der Waals surface area contributed by atoms with Gasteiger partial charge in [0.15, 0.2) is 5.75 Å². The highest BCUT2D eigenvalue weighted by Gasteiger charge is 2.38. The van der Waals surface area contributed by atoms with E-state index in [0.29, 0.717) is 0 Å². The van der Waals surface area contributed by atoms with Crippen LogP contribution in [0.3, 0.4) is 0 Å².